The molecule has 0 aromatic heterocycles. The van der Waals surface area contributed by atoms with E-state index in [1.165, 1.54) is 0 Å². The monoisotopic (exact) mass is 223 g/mol. The van der Waals surface area contributed by atoms with E-state index >= 15 is 0 Å². The Balaban J connectivity index is 3.90. The first-order chi connectivity index (χ1) is 6.89. The van der Waals surface area contributed by atoms with E-state index in [4.69, 9.17) is 11.5 Å². The van der Waals surface area contributed by atoms with Crippen LogP contribution in [0.2, 0.25) is 0 Å². The predicted molar refractivity (Wildman–Crippen MR) is 48.1 cm³/mol. The predicted octanol–water partition coefficient (Wildman–Crippen LogP) is 1.25. The molecule has 0 aromatic carbocycles. The number of carbonyl (C=O) groups is 1. The first-order valence-electron chi connectivity index (χ1n) is 4.33. The number of aliphatic carboxylic acids is 1. The van der Waals surface area contributed by atoms with Gasteiger partial charge in [-0.25, -0.2) is 0 Å². The highest BCUT2D eigenvalue weighted by atomic mass is 19.4. The number of rotatable bonds is 6. The first-order valence-corrected chi connectivity index (χ1v) is 4.33. The van der Waals surface area contributed by atoms with E-state index in [-0.39, 0.29) is 6.54 Å². The van der Waals surface area contributed by atoms with Gasteiger partial charge < -0.3 is 10.4 Å². The summed E-state index contributed by atoms with van der Waals surface area (Å²) in [5, 5.41) is 10.7. The van der Waals surface area contributed by atoms with Crippen molar-refractivity contribution in [2.24, 2.45) is 5.92 Å². The molecule has 1 unspecified atom stereocenters. The minimum absolute atomic E-state index is 0.282. The number of unbranched alkanes of at least 4 members (excludes halogenated alkanes) is 1. The number of terminal acetylenes is 1. The van der Waals surface area contributed by atoms with Gasteiger partial charge in [0.15, 0.2) is 5.92 Å². The van der Waals surface area contributed by atoms with Crippen molar-refractivity contribution in [2.75, 3.05) is 13.1 Å². The van der Waals surface area contributed by atoms with E-state index in [1.807, 2.05) is 0 Å². The maximum atomic E-state index is 12.1. The van der Waals surface area contributed by atoms with Crippen LogP contribution in [0.4, 0.5) is 13.2 Å². The van der Waals surface area contributed by atoms with Crippen molar-refractivity contribution in [3.63, 3.8) is 0 Å². The third-order valence-corrected chi connectivity index (χ3v) is 1.72. The average Bonchev–Trinajstić information content (AvgIpc) is 2.08. The van der Waals surface area contributed by atoms with Gasteiger partial charge in [0, 0.05) is 13.0 Å². The van der Waals surface area contributed by atoms with Crippen LogP contribution >= 0.6 is 0 Å². The Bertz CT molecular complexity index is 245. The Kier molecular flexibility index (Phi) is 5.79. The van der Waals surface area contributed by atoms with E-state index in [1.54, 1.807) is 0 Å². The molecule has 0 heterocycles. The highest BCUT2D eigenvalue weighted by molar-refractivity contribution is 5.71. The summed E-state index contributed by atoms with van der Waals surface area (Å²) in [7, 11) is 0. The SMILES string of the molecule is C#CCCCNCC(C(=O)O)C(F)(F)F. The maximum absolute atomic E-state index is 12.1. The van der Waals surface area contributed by atoms with Crippen molar-refractivity contribution in [3.8, 4) is 12.3 Å². The number of hydrogen-bond donors (Lipinski definition) is 2. The fourth-order valence-corrected chi connectivity index (χ4v) is 0.905. The lowest BCUT2D eigenvalue weighted by Crippen LogP contribution is -2.39. The minimum Gasteiger partial charge on any atom is -0.481 e. The third-order valence-electron chi connectivity index (χ3n) is 1.72. The summed E-state index contributed by atoms with van der Waals surface area (Å²) >= 11 is 0. The Morgan fingerprint density at radius 1 is 1.53 bits per heavy atom. The normalized spacial score (nSPS) is 13.2. The van der Waals surface area contributed by atoms with Gasteiger partial charge in [-0.15, -0.1) is 12.3 Å². The van der Waals surface area contributed by atoms with Crippen molar-refractivity contribution in [1.82, 2.24) is 5.32 Å². The van der Waals surface area contributed by atoms with Crippen LogP contribution in [0.25, 0.3) is 0 Å². The van der Waals surface area contributed by atoms with Crippen LogP contribution in [0, 0.1) is 18.3 Å². The van der Waals surface area contributed by atoms with E-state index in [9.17, 15) is 18.0 Å². The van der Waals surface area contributed by atoms with E-state index in [0.29, 0.717) is 12.8 Å². The van der Waals surface area contributed by atoms with Gasteiger partial charge >= 0.3 is 12.1 Å². The summed E-state index contributed by atoms with van der Waals surface area (Å²) in [6, 6.07) is 0. The minimum atomic E-state index is -4.72. The molecule has 1 atom stereocenters. The molecule has 15 heavy (non-hydrogen) atoms. The topological polar surface area (TPSA) is 49.3 Å². The summed E-state index contributed by atoms with van der Waals surface area (Å²) in [6.45, 7) is -0.340. The molecule has 0 saturated carbocycles. The fraction of sp³-hybridized carbons (Fsp3) is 0.667. The molecule has 0 amide bonds. The average molecular weight is 223 g/mol. The maximum Gasteiger partial charge on any atom is 0.403 e. The second-order valence-corrected chi connectivity index (χ2v) is 2.94. The Hall–Kier alpha value is -1.22. The standard InChI is InChI=1S/C9H12F3NO2/c1-2-3-4-5-13-6-7(8(14)15)9(10,11)12/h1,7,13H,3-6H2,(H,14,15). The van der Waals surface area contributed by atoms with Crippen molar-refractivity contribution in [3.05, 3.63) is 0 Å². The number of carboxylic acid groups (broad SMARTS) is 1. The molecule has 0 aliphatic rings. The smallest absolute Gasteiger partial charge is 0.403 e. The molecule has 6 heteroatoms. The zero-order valence-electron chi connectivity index (χ0n) is 7.97. The molecule has 0 aliphatic heterocycles. The Labute approximate surface area is 85.7 Å². The molecule has 0 saturated heterocycles. The summed E-state index contributed by atoms with van der Waals surface area (Å²) in [6.07, 6.45) is 1.20. The van der Waals surface area contributed by atoms with Gasteiger partial charge in [0.05, 0.1) is 0 Å². The molecule has 0 aromatic rings. The fourth-order valence-electron chi connectivity index (χ4n) is 0.905. The molecule has 2 N–H and O–H groups in total. The van der Waals surface area contributed by atoms with Gasteiger partial charge in [0.25, 0.3) is 0 Å². The number of halogens is 3. The molecule has 0 rings (SSSR count). The van der Waals surface area contributed by atoms with Gasteiger partial charge in [-0.3, -0.25) is 4.79 Å². The number of carboxylic acids is 1. The van der Waals surface area contributed by atoms with Crippen molar-refractivity contribution >= 4 is 5.97 Å². The number of alkyl halides is 3. The zero-order valence-corrected chi connectivity index (χ0v) is 7.97. The third kappa shape index (κ3) is 5.96. The summed E-state index contributed by atoms with van der Waals surface area (Å²) < 4.78 is 36.3. The van der Waals surface area contributed by atoms with Gasteiger partial charge in [-0.1, -0.05) is 0 Å². The van der Waals surface area contributed by atoms with Gasteiger partial charge in [-0.05, 0) is 13.0 Å². The second-order valence-electron chi connectivity index (χ2n) is 2.94. The van der Waals surface area contributed by atoms with E-state index in [0.717, 1.165) is 0 Å². The summed E-state index contributed by atoms with van der Waals surface area (Å²) in [5.74, 6) is -1.90. The van der Waals surface area contributed by atoms with Crippen molar-refractivity contribution < 1.29 is 23.1 Å². The quantitative estimate of drug-likeness (QED) is 0.526. The van der Waals surface area contributed by atoms with Crippen LogP contribution in [-0.4, -0.2) is 30.3 Å². The molecular formula is C9H12F3NO2. The van der Waals surface area contributed by atoms with Crippen LogP contribution in [-0.2, 0) is 4.79 Å². The summed E-state index contributed by atoms with van der Waals surface area (Å²) in [4.78, 5) is 10.3. The zero-order chi connectivity index (χ0) is 11.9. The molecule has 0 spiro atoms. The first kappa shape index (κ1) is 13.8. The highest BCUT2D eigenvalue weighted by Crippen LogP contribution is 2.25. The molecule has 0 aliphatic carbocycles. The molecule has 0 fully saturated rings. The van der Waals surface area contributed by atoms with Gasteiger partial charge in [0.2, 0.25) is 0 Å². The lowest BCUT2D eigenvalue weighted by Gasteiger charge is -2.16. The largest absolute Gasteiger partial charge is 0.481 e. The van der Waals surface area contributed by atoms with E-state index < -0.39 is 24.6 Å². The second kappa shape index (κ2) is 6.30. The van der Waals surface area contributed by atoms with Crippen LogP contribution in [0.3, 0.4) is 0 Å². The molecule has 86 valence electrons. The van der Waals surface area contributed by atoms with Crippen LogP contribution < -0.4 is 5.32 Å². The van der Waals surface area contributed by atoms with Crippen LogP contribution in [0.5, 0.6) is 0 Å². The lowest BCUT2D eigenvalue weighted by atomic mass is 10.1. The highest BCUT2D eigenvalue weighted by Gasteiger charge is 2.44. The molecule has 3 nitrogen and oxygen atoms in total. The summed E-state index contributed by atoms with van der Waals surface area (Å²) in [5.41, 5.74) is 0. The van der Waals surface area contributed by atoms with Crippen molar-refractivity contribution in [1.29, 1.82) is 0 Å². The molecular weight excluding hydrogens is 211 g/mol. The van der Waals surface area contributed by atoms with E-state index in [2.05, 4.69) is 11.2 Å². The number of hydrogen-bond acceptors (Lipinski definition) is 2. The van der Waals surface area contributed by atoms with Gasteiger partial charge in [0.1, 0.15) is 0 Å². The molecule has 0 radical (unpaired) electrons. The lowest BCUT2D eigenvalue weighted by molar-refractivity contribution is -0.192. The Morgan fingerprint density at radius 2 is 2.13 bits per heavy atom. The van der Waals surface area contributed by atoms with Crippen LogP contribution in [0.15, 0.2) is 0 Å². The van der Waals surface area contributed by atoms with Gasteiger partial charge in [-0.2, -0.15) is 13.2 Å². The van der Waals surface area contributed by atoms with Crippen LogP contribution in [0.1, 0.15) is 12.8 Å². The Morgan fingerprint density at radius 3 is 2.53 bits per heavy atom. The van der Waals surface area contributed by atoms with Crippen molar-refractivity contribution in [2.45, 2.75) is 19.0 Å². The molecule has 0 bridgehead atoms. The number of nitrogens with one attached hydrogen (secondary N) is 1.